The molecule has 1 amide bonds. The molecule has 1 atom stereocenters. The molecule has 0 spiro atoms. The topological polar surface area (TPSA) is 66.6 Å². The molecule has 19 heavy (non-hydrogen) atoms. The van der Waals surface area contributed by atoms with E-state index in [0.29, 0.717) is 36.5 Å². The molecule has 0 aliphatic carbocycles. The van der Waals surface area contributed by atoms with E-state index in [1.165, 1.54) is 6.07 Å². The van der Waals surface area contributed by atoms with Gasteiger partial charge in [-0.05, 0) is 31.5 Å². The summed E-state index contributed by atoms with van der Waals surface area (Å²) in [5.41, 5.74) is 4.17. The number of hydrogen-bond donors (Lipinski definition) is 2. The number of piperidine rings is 1. The molecule has 1 heterocycles. The van der Waals surface area contributed by atoms with Gasteiger partial charge in [-0.3, -0.25) is 9.69 Å². The second-order valence-electron chi connectivity index (χ2n) is 4.95. The average Bonchev–Trinajstić information content (AvgIpc) is 2.33. The first-order chi connectivity index (χ1) is 8.90. The molecule has 1 saturated heterocycles. The maximum Gasteiger partial charge on any atom is 0.250 e. The van der Waals surface area contributed by atoms with Gasteiger partial charge in [0.05, 0.1) is 0 Å². The third-order valence-corrected chi connectivity index (χ3v) is 3.65. The summed E-state index contributed by atoms with van der Waals surface area (Å²) >= 11 is 5.69. The molecule has 104 valence electrons. The number of amides is 1. The molecule has 1 aromatic carbocycles. The number of benzene rings is 1. The van der Waals surface area contributed by atoms with Gasteiger partial charge in [-0.1, -0.05) is 17.7 Å². The van der Waals surface area contributed by atoms with Crippen molar-refractivity contribution in [2.75, 3.05) is 13.1 Å². The fraction of sp³-hybridized carbons (Fsp3) is 0.462. The van der Waals surface area contributed by atoms with Crippen molar-refractivity contribution in [1.82, 2.24) is 4.90 Å². The number of aliphatic hydroxyl groups is 1. The highest BCUT2D eigenvalue weighted by atomic mass is 35.5. The van der Waals surface area contributed by atoms with E-state index in [4.69, 9.17) is 17.3 Å². The molecule has 0 bridgehead atoms. The normalized spacial score (nSPS) is 24.4. The van der Waals surface area contributed by atoms with Gasteiger partial charge in [0.1, 0.15) is 5.82 Å². The molecular formula is C13H16ClFN2O2. The number of nitrogens with zero attached hydrogens (tertiary/aromatic N) is 1. The first-order valence-corrected chi connectivity index (χ1v) is 6.47. The third-order valence-electron chi connectivity index (χ3n) is 3.42. The van der Waals surface area contributed by atoms with Crippen molar-refractivity contribution < 1.29 is 14.3 Å². The van der Waals surface area contributed by atoms with Gasteiger partial charge in [0.15, 0.2) is 5.60 Å². The molecule has 0 aromatic heterocycles. The minimum atomic E-state index is -1.51. The molecule has 3 N–H and O–H groups in total. The number of halogens is 2. The summed E-state index contributed by atoms with van der Waals surface area (Å²) in [5.74, 6) is -1.12. The Morgan fingerprint density at radius 3 is 2.95 bits per heavy atom. The fourth-order valence-electron chi connectivity index (χ4n) is 2.35. The SMILES string of the molecule is NC(=O)[C@@]1(O)CCCN(Cc2ccc(Cl)cc2F)C1. The maximum absolute atomic E-state index is 13.7. The van der Waals surface area contributed by atoms with E-state index < -0.39 is 11.5 Å². The van der Waals surface area contributed by atoms with Crippen molar-refractivity contribution in [3.05, 3.63) is 34.6 Å². The molecular weight excluding hydrogens is 271 g/mol. The van der Waals surface area contributed by atoms with Gasteiger partial charge in [0.25, 0.3) is 5.91 Å². The van der Waals surface area contributed by atoms with Gasteiger partial charge in [0, 0.05) is 23.7 Å². The number of hydrogen-bond acceptors (Lipinski definition) is 3. The van der Waals surface area contributed by atoms with Crippen LogP contribution in [0.4, 0.5) is 4.39 Å². The van der Waals surface area contributed by atoms with Crippen molar-refractivity contribution in [3.63, 3.8) is 0 Å². The highest BCUT2D eigenvalue weighted by molar-refractivity contribution is 6.30. The number of carbonyl (C=O) groups excluding carboxylic acids is 1. The van der Waals surface area contributed by atoms with Crippen LogP contribution < -0.4 is 5.73 Å². The highest BCUT2D eigenvalue weighted by Crippen LogP contribution is 2.23. The van der Waals surface area contributed by atoms with Crippen molar-refractivity contribution in [1.29, 1.82) is 0 Å². The van der Waals surface area contributed by atoms with Crippen LogP contribution >= 0.6 is 11.6 Å². The molecule has 0 saturated carbocycles. The van der Waals surface area contributed by atoms with Crippen LogP contribution in [-0.4, -0.2) is 34.6 Å². The first-order valence-electron chi connectivity index (χ1n) is 6.09. The highest BCUT2D eigenvalue weighted by Gasteiger charge is 2.38. The van der Waals surface area contributed by atoms with Gasteiger partial charge < -0.3 is 10.8 Å². The van der Waals surface area contributed by atoms with Gasteiger partial charge in [-0.2, -0.15) is 0 Å². The summed E-state index contributed by atoms with van der Waals surface area (Å²) in [5, 5.41) is 10.4. The van der Waals surface area contributed by atoms with E-state index in [2.05, 4.69) is 0 Å². The van der Waals surface area contributed by atoms with Gasteiger partial charge in [-0.15, -0.1) is 0 Å². The summed E-state index contributed by atoms with van der Waals surface area (Å²) in [6, 6.07) is 4.47. The van der Waals surface area contributed by atoms with E-state index in [1.54, 1.807) is 12.1 Å². The summed E-state index contributed by atoms with van der Waals surface area (Å²) in [6.07, 6.45) is 0.997. The number of β-amino-alcohol motifs (C(OH)–C–C–N with tert-alkyl or cyclic N) is 1. The summed E-state index contributed by atoms with van der Waals surface area (Å²) in [6.45, 7) is 1.14. The quantitative estimate of drug-likeness (QED) is 0.880. The molecule has 1 aliphatic heterocycles. The van der Waals surface area contributed by atoms with Crippen LogP contribution in [-0.2, 0) is 11.3 Å². The Morgan fingerprint density at radius 1 is 1.58 bits per heavy atom. The number of carbonyl (C=O) groups is 1. The Balaban J connectivity index is 2.09. The number of rotatable bonds is 3. The lowest BCUT2D eigenvalue weighted by atomic mass is 9.92. The van der Waals surface area contributed by atoms with Gasteiger partial charge in [-0.25, -0.2) is 4.39 Å². The molecule has 0 unspecified atom stereocenters. The van der Waals surface area contributed by atoms with E-state index in [0.717, 1.165) is 0 Å². The van der Waals surface area contributed by atoms with Crippen molar-refractivity contribution in [2.45, 2.75) is 25.0 Å². The van der Waals surface area contributed by atoms with Crippen LogP contribution in [0, 0.1) is 5.82 Å². The van der Waals surface area contributed by atoms with Crippen molar-refractivity contribution in [2.24, 2.45) is 5.73 Å². The Hall–Kier alpha value is -1.17. The zero-order valence-electron chi connectivity index (χ0n) is 10.4. The minimum absolute atomic E-state index is 0.129. The van der Waals surface area contributed by atoms with Crippen LogP contribution in [0.3, 0.4) is 0 Å². The Labute approximate surface area is 116 Å². The molecule has 1 aliphatic rings. The molecule has 6 heteroatoms. The predicted octanol–water partition coefficient (Wildman–Crippen LogP) is 1.29. The van der Waals surface area contributed by atoms with E-state index in [-0.39, 0.29) is 12.4 Å². The smallest absolute Gasteiger partial charge is 0.250 e. The molecule has 0 radical (unpaired) electrons. The second kappa shape index (κ2) is 5.45. The van der Waals surface area contributed by atoms with E-state index in [1.807, 2.05) is 4.90 Å². The molecule has 4 nitrogen and oxygen atoms in total. The average molecular weight is 287 g/mol. The summed E-state index contributed by atoms with van der Waals surface area (Å²) in [7, 11) is 0. The monoisotopic (exact) mass is 286 g/mol. The van der Waals surface area contributed by atoms with Gasteiger partial charge >= 0.3 is 0 Å². The van der Waals surface area contributed by atoms with Crippen LogP contribution in [0.25, 0.3) is 0 Å². The zero-order valence-corrected chi connectivity index (χ0v) is 11.2. The fourth-order valence-corrected chi connectivity index (χ4v) is 2.51. The second-order valence-corrected chi connectivity index (χ2v) is 5.38. The van der Waals surface area contributed by atoms with E-state index >= 15 is 0 Å². The largest absolute Gasteiger partial charge is 0.379 e. The Kier molecular flexibility index (Phi) is 4.08. The maximum atomic E-state index is 13.7. The lowest BCUT2D eigenvalue weighted by Crippen LogP contribution is -2.55. The van der Waals surface area contributed by atoms with Crippen LogP contribution in [0.15, 0.2) is 18.2 Å². The van der Waals surface area contributed by atoms with Crippen molar-refractivity contribution >= 4 is 17.5 Å². The van der Waals surface area contributed by atoms with Crippen LogP contribution in [0.1, 0.15) is 18.4 Å². The molecule has 2 rings (SSSR count). The predicted molar refractivity (Wildman–Crippen MR) is 70.1 cm³/mol. The van der Waals surface area contributed by atoms with E-state index in [9.17, 15) is 14.3 Å². The molecule has 1 fully saturated rings. The van der Waals surface area contributed by atoms with Gasteiger partial charge in [0.2, 0.25) is 0 Å². The van der Waals surface area contributed by atoms with Crippen LogP contribution in [0.5, 0.6) is 0 Å². The lowest BCUT2D eigenvalue weighted by molar-refractivity contribution is -0.142. The third kappa shape index (κ3) is 3.23. The minimum Gasteiger partial charge on any atom is -0.379 e. The van der Waals surface area contributed by atoms with Crippen molar-refractivity contribution in [3.8, 4) is 0 Å². The summed E-state index contributed by atoms with van der Waals surface area (Å²) in [4.78, 5) is 13.1. The Bertz CT molecular complexity index is 498. The Morgan fingerprint density at radius 2 is 2.32 bits per heavy atom. The van der Waals surface area contributed by atoms with Crippen LogP contribution in [0.2, 0.25) is 5.02 Å². The lowest BCUT2D eigenvalue weighted by Gasteiger charge is -2.37. The number of nitrogens with two attached hydrogens (primary N) is 1. The molecule has 1 aromatic rings. The number of likely N-dealkylation sites (tertiary alicyclic amines) is 1. The first kappa shape index (κ1) is 14.2. The number of primary amides is 1. The summed E-state index contributed by atoms with van der Waals surface area (Å²) < 4.78 is 13.7. The standard InChI is InChI=1S/C13H16ClFN2O2/c14-10-3-2-9(11(15)6-10)7-17-5-1-4-13(19,8-17)12(16)18/h2-3,6,19H,1,4-5,7-8H2,(H2,16,18)/t13-/m1/s1. The zero-order chi connectivity index (χ0) is 14.0.